The Kier molecular flexibility index (Phi) is 3.26. The summed E-state index contributed by atoms with van der Waals surface area (Å²) < 4.78 is 0. The van der Waals surface area contributed by atoms with Crippen LogP contribution in [-0.2, 0) is 4.79 Å². The van der Waals surface area contributed by atoms with E-state index in [0.717, 1.165) is 25.5 Å². The molecule has 1 aliphatic rings. The Morgan fingerprint density at radius 1 is 1.62 bits per heavy atom. The van der Waals surface area contributed by atoms with E-state index in [0.29, 0.717) is 0 Å². The molecule has 16 heavy (non-hydrogen) atoms. The monoisotopic (exact) mass is 222 g/mol. The molecule has 0 bridgehead atoms. The van der Waals surface area contributed by atoms with Crippen LogP contribution >= 0.6 is 0 Å². The van der Waals surface area contributed by atoms with Gasteiger partial charge in [-0.05, 0) is 19.2 Å². The number of carbonyl (C=O) groups excluding carboxylic acids is 1. The Labute approximate surface area is 95.4 Å². The summed E-state index contributed by atoms with van der Waals surface area (Å²) in [5.74, 6) is 0.939. The average Bonchev–Trinajstić information content (AvgIpc) is 2.80. The summed E-state index contributed by atoms with van der Waals surface area (Å²) in [5.41, 5.74) is 0. The topological polar surface area (TPSA) is 51.4 Å². The third-order valence-corrected chi connectivity index (χ3v) is 2.95. The van der Waals surface area contributed by atoms with Crippen LogP contribution in [0.3, 0.4) is 0 Å². The number of amides is 1. The Hall–Kier alpha value is -1.33. The standard InChI is InChI=1S/C11H18N4O/c1-14-7-6-12-9(8-14)11(16)15(2)10-4-3-5-13-10/h3-5,9,12-13H,6-8H2,1-2H3. The summed E-state index contributed by atoms with van der Waals surface area (Å²) >= 11 is 0. The second-order valence-corrected chi connectivity index (χ2v) is 4.22. The minimum absolute atomic E-state index is 0.105. The Morgan fingerprint density at radius 3 is 3.06 bits per heavy atom. The molecular weight excluding hydrogens is 204 g/mol. The Bertz CT molecular complexity index is 349. The van der Waals surface area contributed by atoms with Crippen LogP contribution in [0.5, 0.6) is 0 Å². The van der Waals surface area contributed by atoms with Gasteiger partial charge in [-0.15, -0.1) is 0 Å². The molecule has 2 N–H and O–H groups in total. The van der Waals surface area contributed by atoms with Crippen molar-refractivity contribution in [3.63, 3.8) is 0 Å². The average molecular weight is 222 g/mol. The maximum atomic E-state index is 12.2. The first-order valence-corrected chi connectivity index (χ1v) is 5.51. The Balaban J connectivity index is 2.01. The van der Waals surface area contributed by atoms with E-state index in [1.54, 1.807) is 11.9 Å². The number of hydrogen-bond donors (Lipinski definition) is 2. The van der Waals surface area contributed by atoms with Crippen molar-refractivity contribution < 1.29 is 4.79 Å². The molecule has 0 radical (unpaired) electrons. The van der Waals surface area contributed by atoms with Crippen molar-refractivity contribution in [3.8, 4) is 0 Å². The third-order valence-electron chi connectivity index (χ3n) is 2.95. The van der Waals surface area contributed by atoms with Gasteiger partial charge in [-0.2, -0.15) is 0 Å². The van der Waals surface area contributed by atoms with E-state index in [-0.39, 0.29) is 11.9 Å². The van der Waals surface area contributed by atoms with Crippen LogP contribution in [0.4, 0.5) is 5.82 Å². The largest absolute Gasteiger partial charge is 0.348 e. The van der Waals surface area contributed by atoms with E-state index in [1.807, 2.05) is 25.4 Å². The van der Waals surface area contributed by atoms with Gasteiger partial charge in [-0.25, -0.2) is 0 Å². The number of carbonyl (C=O) groups is 1. The lowest BCUT2D eigenvalue weighted by molar-refractivity contribution is -0.121. The second kappa shape index (κ2) is 4.67. The molecule has 5 nitrogen and oxygen atoms in total. The van der Waals surface area contributed by atoms with Crippen LogP contribution in [-0.4, -0.2) is 55.6 Å². The SMILES string of the molecule is CN1CCNC(C(=O)N(C)c2ccc[nH]2)C1. The van der Waals surface area contributed by atoms with Gasteiger partial charge in [0.15, 0.2) is 0 Å². The zero-order valence-corrected chi connectivity index (χ0v) is 9.73. The van der Waals surface area contributed by atoms with Gasteiger partial charge in [-0.3, -0.25) is 4.79 Å². The van der Waals surface area contributed by atoms with E-state index in [9.17, 15) is 4.79 Å². The summed E-state index contributed by atoms with van der Waals surface area (Å²) in [4.78, 5) is 19.0. The highest BCUT2D eigenvalue weighted by Crippen LogP contribution is 2.10. The van der Waals surface area contributed by atoms with Crippen LogP contribution < -0.4 is 10.2 Å². The second-order valence-electron chi connectivity index (χ2n) is 4.22. The molecule has 0 aromatic carbocycles. The molecule has 1 aromatic heterocycles. The number of rotatable bonds is 2. The maximum Gasteiger partial charge on any atom is 0.246 e. The molecule has 1 aliphatic heterocycles. The molecule has 1 fully saturated rings. The van der Waals surface area contributed by atoms with Crippen molar-refractivity contribution in [3.05, 3.63) is 18.3 Å². The summed E-state index contributed by atoms with van der Waals surface area (Å²) in [6.45, 7) is 2.63. The molecule has 0 spiro atoms. The molecule has 1 unspecified atom stereocenters. The zero-order chi connectivity index (χ0) is 11.5. The molecule has 2 rings (SSSR count). The number of anilines is 1. The highest BCUT2D eigenvalue weighted by atomic mass is 16.2. The van der Waals surface area contributed by atoms with Crippen LogP contribution in [0.1, 0.15) is 0 Å². The number of aromatic nitrogens is 1. The number of nitrogens with zero attached hydrogens (tertiary/aromatic N) is 2. The number of nitrogens with one attached hydrogen (secondary N) is 2. The number of likely N-dealkylation sites (N-methyl/N-ethyl adjacent to an activating group) is 2. The van der Waals surface area contributed by atoms with Crippen LogP contribution in [0.2, 0.25) is 0 Å². The lowest BCUT2D eigenvalue weighted by atomic mass is 10.2. The van der Waals surface area contributed by atoms with Gasteiger partial charge in [0, 0.05) is 32.9 Å². The van der Waals surface area contributed by atoms with Gasteiger partial charge in [0.1, 0.15) is 11.9 Å². The highest BCUT2D eigenvalue weighted by Gasteiger charge is 2.26. The zero-order valence-electron chi connectivity index (χ0n) is 9.73. The van der Waals surface area contributed by atoms with E-state index >= 15 is 0 Å². The smallest absolute Gasteiger partial charge is 0.246 e. The summed E-state index contributed by atoms with van der Waals surface area (Å²) in [7, 11) is 3.83. The van der Waals surface area contributed by atoms with Gasteiger partial charge in [0.05, 0.1) is 0 Å². The van der Waals surface area contributed by atoms with Crippen LogP contribution in [0.15, 0.2) is 18.3 Å². The third kappa shape index (κ3) is 2.25. The van der Waals surface area contributed by atoms with Gasteiger partial charge < -0.3 is 20.1 Å². The van der Waals surface area contributed by atoms with Gasteiger partial charge in [-0.1, -0.05) is 0 Å². The molecule has 88 valence electrons. The summed E-state index contributed by atoms with van der Waals surface area (Å²) in [6, 6.07) is 3.68. The predicted molar refractivity (Wildman–Crippen MR) is 63.5 cm³/mol. The molecule has 2 heterocycles. The molecule has 1 amide bonds. The first-order chi connectivity index (χ1) is 7.68. The van der Waals surface area contributed by atoms with E-state index in [2.05, 4.69) is 15.2 Å². The minimum atomic E-state index is -0.105. The lowest BCUT2D eigenvalue weighted by Gasteiger charge is -2.32. The van der Waals surface area contributed by atoms with Crippen molar-refractivity contribution in [1.82, 2.24) is 15.2 Å². The van der Waals surface area contributed by atoms with Crippen LogP contribution in [0.25, 0.3) is 0 Å². The normalized spacial score (nSPS) is 22.0. The van der Waals surface area contributed by atoms with E-state index < -0.39 is 0 Å². The van der Waals surface area contributed by atoms with E-state index in [4.69, 9.17) is 0 Å². The van der Waals surface area contributed by atoms with Crippen molar-refractivity contribution in [1.29, 1.82) is 0 Å². The van der Waals surface area contributed by atoms with Crippen LogP contribution in [0, 0.1) is 0 Å². The molecule has 5 heteroatoms. The fourth-order valence-corrected chi connectivity index (χ4v) is 1.94. The highest BCUT2D eigenvalue weighted by molar-refractivity contribution is 5.96. The maximum absolute atomic E-state index is 12.2. The first kappa shape index (κ1) is 11.2. The van der Waals surface area contributed by atoms with Crippen molar-refractivity contribution >= 4 is 11.7 Å². The number of aromatic amines is 1. The van der Waals surface area contributed by atoms with Crippen molar-refractivity contribution in [2.75, 3.05) is 38.6 Å². The lowest BCUT2D eigenvalue weighted by Crippen LogP contribution is -2.56. The fourth-order valence-electron chi connectivity index (χ4n) is 1.94. The molecule has 0 aliphatic carbocycles. The van der Waals surface area contributed by atoms with Gasteiger partial charge in [0.2, 0.25) is 5.91 Å². The van der Waals surface area contributed by atoms with E-state index in [1.165, 1.54) is 0 Å². The summed E-state index contributed by atoms with van der Waals surface area (Å²) in [6.07, 6.45) is 1.82. The molecule has 0 saturated carbocycles. The van der Waals surface area contributed by atoms with Gasteiger partial charge >= 0.3 is 0 Å². The predicted octanol–water partition coefficient (Wildman–Crippen LogP) is -0.119. The quantitative estimate of drug-likeness (QED) is 0.733. The molecular formula is C11H18N4O. The first-order valence-electron chi connectivity index (χ1n) is 5.51. The molecule has 1 atom stereocenters. The molecule has 1 aromatic rings. The van der Waals surface area contributed by atoms with Crippen molar-refractivity contribution in [2.24, 2.45) is 0 Å². The van der Waals surface area contributed by atoms with Crippen molar-refractivity contribution in [2.45, 2.75) is 6.04 Å². The number of piperazine rings is 1. The summed E-state index contributed by atoms with van der Waals surface area (Å²) in [5, 5.41) is 3.25. The fraction of sp³-hybridized carbons (Fsp3) is 0.545. The minimum Gasteiger partial charge on any atom is -0.348 e. The number of hydrogen-bond acceptors (Lipinski definition) is 3. The van der Waals surface area contributed by atoms with Gasteiger partial charge in [0.25, 0.3) is 0 Å². The number of H-pyrrole nitrogens is 1. The Morgan fingerprint density at radius 2 is 2.44 bits per heavy atom. The molecule has 1 saturated heterocycles.